The van der Waals surface area contributed by atoms with Gasteiger partial charge < -0.3 is 25.0 Å². The molecule has 188 valence electrons. The monoisotopic (exact) mass is 488 g/mol. The number of nitrogens with zero attached hydrogens (tertiary/aromatic N) is 2. The van der Waals surface area contributed by atoms with E-state index in [1.54, 1.807) is 54.7 Å². The second-order valence-corrected chi connectivity index (χ2v) is 8.41. The number of nitrogens with one attached hydrogen (secondary N) is 2. The minimum atomic E-state index is -0.284. The number of anilines is 3. The van der Waals surface area contributed by atoms with Crippen molar-refractivity contribution in [2.45, 2.75) is 33.1 Å². The molecule has 2 N–H and O–H groups in total. The van der Waals surface area contributed by atoms with E-state index in [-0.39, 0.29) is 11.8 Å². The molecule has 8 nitrogen and oxygen atoms in total. The third-order valence-electron chi connectivity index (χ3n) is 5.90. The lowest BCUT2D eigenvalue weighted by Gasteiger charge is -2.29. The van der Waals surface area contributed by atoms with Crippen LogP contribution in [-0.2, 0) is 0 Å². The zero-order chi connectivity index (χ0) is 25.3. The fourth-order valence-electron chi connectivity index (χ4n) is 4.21. The van der Waals surface area contributed by atoms with Gasteiger partial charge in [-0.3, -0.25) is 9.59 Å². The van der Waals surface area contributed by atoms with E-state index in [0.717, 1.165) is 25.9 Å². The molecule has 2 amide bonds. The summed E-state index contributed by atoms with van der Waals surface area (Å²) in [5.74, 6) is 0.999. The van der Waals surface area contributed by atoms with E-state index in [4.69, 9.17) is 9.47 Å². The van der Waals surface area contributed by atoms with Crippen LogP contribution in [0.2, 0.25) is 0 Å². The molecule has 0 unspecified atom stereocenters. The Balaban J connectivity index is 1.63. The van der Waals surface area contributed by atoms with Crippen molar-refractivity contribution in [1.82, 2.24) is 4.98 Å². The van der Waals surface area contributed by atoms with Crippen molar-refractivity contribution < 1.29 is 19.1 Å². The van der Waals surface area contributed by atoms with Crippen LogP contribution in [-0.4, -0.2) is 43.1 Å². The Bertz CT molecular complexity index is 1190. The van der Waals surface area contributed by atoms with Crippen LogP contribution in [0.5, 0.6) is 11.5 Å². The van der Waals surface area contributed by atoms with Gasteiger partial charge in [0.1, 0.15) is 17.3 Å². The van der Waals surface area contributed by atoms with Crippen molar-refractivity contribution in [3.05, 3.63) is 71.9 Å². The molecule has 0 radical (unpaired) electrons. The van der Waals surface area contributed by atoms with Gasteiger partial charge in [0.25, 0.3) is 11.8 Å². The van der Waals surface area contributed by atoms with Gasteiger partial charge in [0.05, 0.1) is 30.2 Å². The Hall–Kier alpha value is -4.07. The number of aromatic nitrogens is 1. The number of carbonyl (C=O) groups is 2. The molecule has 8 heteroatoms. The second-order valence-electron chi connectivity index (χ2n) is 8.41. The highest BCUT2D eigenvalue weighted by Crippen LogP contribution is 2.38. The maximum absolute atomic E-state index is 13.4. The highest BCUT2D eigenvalue weighted by molar-refractivity contribution is 6.09. The SMILES string of the molecule is CCOc1cc(NC(=O)c2cccnc2N2CCCCC2)c(OCC)cc1NC(=O)c1ccccc1. The van der Waals surface area contributed by atoms with Crippen molar-refractivity contribution >= 4 is 29.0 Å². The number of benzene rings is 2. The minimum Gasteiger partial charge on any atom is -0.492 e. The smallest absolute Gasteiger partial charge is 0.259 e. The van der Waals surface area contributed by atoms with Crippen molar-refractivity contribution in [2.75, 3.05) is 41.8 Å². The first-order valence-electron chi connectivity index (χ1n) is 12.4. The Labute approximate surface area is 211 Å². The highest BCUT2D eigenvalue weighted by atomic mass is 16.5. The van der Waals surface area contributed by atoms with Crippen LogP contribution >= 0.6 is 0 Å². The quantitative estimate of drug-likeness (QED) is 0.420. The fourth-order valence-corrected chi connectivity index (χ4v) is 4.21. The molecule has 0 saturated carbocycles. The number of rotatable bonds is 9. The molecule has 36 heavy (non-hydrogen) atoms. The highest BCUT2D eigenvalue weighted by Gasteiger charge is 2.22. The van der Waals surface area contributed by atoms with Crippen molar-refractivity contribution in [3.63, 3.8) is 0 Å². The van der Waals surface area contributed by atoms with Crippen LogP contribution in [0, 0.1) is 0 Å². The number of hydrogen-bond acceptors (Lipinski definition) is 6. The molecule has 0 atom stereocenters. The van der Waals surface area contributed by atoms with Crippen LogP contribution in [0.1, 0.15) is 53.8 Å². The van der Waals surface area contributed by atoms with E-state index in [1.807, 2.05) is 19.9 Å². The average molecular weight is 489 g/mol. The molecule has 1 aliphatic rings. The number of pyridine rings is 1. The molecule has 3 aromatic rings. The van der Waals surface area contributed by atoms with E-state index in [9.17, 15) is 9.59 Å². The van der Waals surface area contributed by atoms with Gasteiger partial charge in [-0.05, 0) is 57.4 Å². The van der Waals surface area contributed by atoms with E-state index in [2.05, 4.69) is 20.5 Å². The molecule has 2 aromatic carbocycles. The molecule has 0 spiro atoms. The minimum absolute atomic E-state index is 0.266. The maximum atomic E-state index is 13.4. The van der Waals surface area contributed by atoms with Gasteiger partial charge in [-0.1, -0.05) is 18.2 Å². The number of piperidine rings is 1. The molecule has 2 heterocycles. The lowest BCUT2D eigenvalue weighted by Crippen LogP contribution is -2.32. The van der Waals surface area contributed by atoms with E-state index in [0.29, 0.717) is 53.0 Å². The summed E-state index contributed by atoms with van der Waals surface area (Å²) in [5, 5.41) is 5.88. The van der Waals surface area contributed by atoms with E-state index < -0.39 is 0 Å². The molecular formula is C28H32N4O4. The summed E-state index contributed by atoms with van der Waals surface area (Å²) in [6.07, 6.45) is 5.07. The maximum Gasteiger partial charge on any atom is 0.259 e. The Kier molecular flexibility index (Phi) is 8.39. The molecule has 1 fully saturated rings. The zero-order valence-corrected chi connectivity index (χ0v) is 20.8. The predicted molar refractivity (Wildman–Crippen MR) is 141 cm³/mol. The lowest BCUT2D eigenvalue weighted by molar-refractivity contribution is 0.101. The summed E-state index contributed by atoms with van der Waals surface area (Å²) < 4.78 is 11.6. The van der Waals surface area contributed by atoms with E-state index in [1.165, 1.54) is 6.42 Å². The van der Waals surface area contributed by atoms with Crippen LogP contribution in [0.4, 0.5) is 17.2 Å². The molecule has 0 bridgehead atoms. The molecule has 1 aliphatic heterocycles. The molecule has 0 aliphatic carbocycles. The predicted octanol–water partition coefficient (Wildman–Crippen LogP) is 5.37. The molecule has 1 saturated heterocycles. The van der Waals surface area contributed by atoms with Crippen molar-refractivity contribution in [2.24, 2.45) is 0 Å². The Morgan fingerprint density at radius 1 is 0.833 bits per heavy atom. The number of amides is 2. The Morgan fingerprint density at radius 3 is 2.06 bits per heavy atom. The zero-order valence-electron chi connectivity index (χ0n) is 20.8. The van der Waals surface area contributed by atoms with Crippen LogP contribution < -0.4 is 25.0 Å². The van der Waals surface area contributed by atoms with Crippen LogP contribution in [0.3, 0.4) is 0 Å². The summed E-state index contributed by atoms with van der Waals surface area (Å²) in [5.41, 5.74) is 1.94. The van der Waals surface area contributed by atoms with Gasteiger partial charge in [0, 0.05) is 37.0 Å². The van der Waals surface area contributed by atoms with Crippen LogP contribution in [0.25, 0.3) is 0 Å². The fraction of sp³-hybridized carbons (Fsp3) is 0.321. The van der Waals surface area contributed by atoms with E-state index >= 15 is 0 Å². The van der Waals surface area contributed by atoms with Gasteiger partial charge in [-0.25, -0.2) is 4.98 Å². The first-order valence-corrected chi connectivity index (χ1v) is 12.4. The summed E-state index contributed by atoms with van der Waals surface area (Å²) in [6, 6.07) is 15.8. The first kappa shape index (κ1) is 25.0. The second kappa shape index (κ2) is 12.1. The summed E-state index contributed by atoms with van der Waals surface area (Å²) >= 11 is 0. The van der Waals surface area contributed by atoms with Gasteiger partial charge in [-0.2, -0.15) is 0 Å². The molecule has 1 aromatic heterocycles. The standard InChI is InChI=1S/C28H32N4O4/c1-3-35-24-19-23(25(36-4-2)18-22(24)30-27(33)20-12-7-5-8-13-20)31-28(34)21-14-11-15-29-26(21)32-16-9-6-10-17-32/h5,7-8,11-15,18-19H,3-4,6,9-10,16-17H2,1-2H3,(H,30,33)(H,31,34). The largest absolute Gasteiger partial charge is 0.492 e. The number of carbonyl (C=O) groups excluding carboxylic acids is 2. The Morgan fingerprint density at radius 2 is 1.44 bits per heavy atom. The summed E-state index contributed by atoms with van der Waals surface area (Å²) in [7, 11) is 0. The van der Waals surface area contributed by atoms with Gasteiger partial charge in [0.2, 0.25) is 0 Å². The van der Waals surface area contributed by atoms with Gasteiger partial charge >= 0.3 is 0 Å². The lowest BCUT2D eigenvalue weighted by atomic mass is 10.1. The number of hydrogen-bond donors (Lipinski definition) is 2. The van der Waals surface area contributed by atoms with Crippen molar-refractivity contribution in [3.8, 4) is 11.5 Å². The summed E-state index contributed by atoms with van der Waals surface area (Å²) in [6.45, 7) is 6.25. The summed E-state index contributed by atoms with van der Waals surface area (Å²) in [4.78, 5) is 32.9. The normalized spacial score (nSPS) is 13.1. The topological polar surface area (TPSA) is 92.8 Å². The third-order valence-corrected chi connectivity index (χ3v) is 5.90. The van der Waals surface area contributed by atoms with Crippen LogP contribution in [0.15, 0.2) is 60.8 Å². The van der Waals surface area contributed by atoms with Crippen molar-refractivity contribution in [1.29, 1.82) is 0 Å². The number of ether oxygens (including phenoxy) is 2. The molecule has 4 rings (SSSR count). The molecular weight excluding hydrogens is 456 g/mol. The third kappa shape index (κ3) is 5.94. The first-order chi connectivity index (χ1) is 17.6. The average Bonchev–Trinajstić information content (AvgIpc) is 2.92. The van der Waals surface area contributed by atoms with Gasteiger partial charge in [-0.15, -0.1) is 0 Å². The van der Waals surface area contributed by atoms with Gasteiger partial charge in [0.15, 0.2) is 0 Å².